The van der Waals surface area contributed by atoms with E-state index < -0.39 is 0 Å². The number of para-hydroxylation sites is 1. The maximum Gasteiger partial charge on any atom is 0.258 e. The second kappa shape index (κ2) is 8.53. The number of nitrogens with one attached hydrogen (secondary N) is 1. The Morgan fingerprint density at radius 2 is 1.71 bits per heavy atom. The summed E-state index contributed by atoms with van der Waals surface area (Å²) in [6.45, 7) is 8.41. The van der Waals surface area contributed by atoms with Gasteiger partial charge in [0.05, 0.1) is 6.04 Å². The monoisotopic (exact) mass is 325 g/mol. The summed E-state index contributed by atoms with van der Waals surface area (Å²) in [5, 5.41) is 2.98. The first-order valence-electron chi connectivity index (χ1n) is 8.52. The molecule has 1 N–H and O–H groups in total. The van der Waals surface area contributed by atoms with E-state index in [0.29, 0.717) is 5.92 Å². The fourth-order valence-electron chi connectivity index (χ4n) is 2.64. The summed E-state index contributed by atoms with van der Waals surface area (Å²) in [7, 11) is 0. The van der Waals surface area contributed by atoms with Gasteiger partial charge in [0, 0.05) is 0 Å². The van der Waals surface area contributed by atoms with E-state index in [1.165, 1.54) is 5.56 Å². The molecule has 2 rings (SSSR count). The van der Waals surface area contributed by atoms with E-state index in [4.69, 9.17) is 4.74 Å². The van der Waals surface area contributed by atoms with E-state index in [1.807, 2.05) is 38.1 Å². The molecule has 0 aliphatic carbocycles. The van der Waals surface area contributed by atoms with Crippen molar-refractivity contribution in [2.24, 2.45) is 5.92 Å². The molecule has 2 aromatic carbocycles. The van der Waals surface area contributed by atoms with Gasteiger partial charge in [-0.15, -0.1) is 0 Å². The van der Waals surface area contributed by atoms with E-state index in [9.17, 15) is 4.79 Å². The van der Waals surface area contributed by atoms with Crippen LogP contribution in [0.4, 0.5) is 0 Å². The number of aryl methyl sites for hydroxylation is 1. The first kappa shape index (κ1) is 18.1. The maximum absolute atomic E-state index is 12.1. The van der Waals surface area contributed by atoms with Gasteiger partial charge in [0.2, 0.25) is 0 Å². The number of carbonyl (C=O) groups excluding carboxylic acids is 1. The molecule has 24 heavy (non-hydrogen) atoms. The van der Waals surface area contributed by atoms with Gasteiger partial charge >= 0.3 is 0 Å². The van der Waals surface area contributed by atoms with Crippen molar-refractivity contribution in [2.75, 3.05) is 6.61 Å². The van der Waals surface area contributed by atoms with Crippen molar-refractivity contribution >= 4 is 5.91 Å². The molecular formula is C21H27NO2. The lowest BCUT2D eigenvalue weighted by Crippen LogP contribution is -2.31. The lowest BCUT2D eigenvalue weighted by Gasteiger charge is -2.16. The Balaban J connectivity index is 1.86. The Hall–Kier alpha value is -2.29. The van der Waals surface area contributed by atoms with Gasteiger partial charge in [0.15, 0.2) is 6.61 Å². The van der Waals surface area contributed by atoms with Gasteiger partial charge in [-0.2, -0.15) is 0 Å². The van der Waals surface area contributed by atoms with E-state index >= 15 is 0 Å². The zero-order valence-electron chi connectivity index (χ0n) is 15.0. The van der Waals surface area contributed by atoms with Gasteiger partial charge < -0.3 is 10.1 Å². The van der Waals surface area contributed by atoms with Crippen LogP contribution in [0.1, 0.15) is 43.5 Å². The molecule has 1 amide bonds. The van der Waals surface area contributed by atoms with Crippen LogP contribution in [0.3, 0.4) is 0 Å². The highest BCUT2D eigenvalue weighted by Crippen LogP contribution is 2.17. The SMILES string of the molecule is Cc1ccccc1OCC(=O)N[C@@H](C)c1ccc(CC(C)C)cc1. The summed E-state index contributed by atoms with van der Waals surface area (Å²) >= 11 is 0. The molecule has 0 fully saturated rings. The molecule has 0 aromatic heterocycles. The van der Waals surface area contributed by atoms with Gasteiger partial charge in [-0.1, -0.05) is 56.3 Å². The van der Waals surface area contributed by atoms with Crippen molar-refractivity contribution < 1.29 is 9.53 Å². The van der Waals surface area contributed by atoms with E-state index in [0.717, 1.165) is 23.3 Å². The van der Waals surface area contributed by atoms with E-state index in [1.54, 1.807) is 0 Å². The second-order valence-corrected chi connectivity index (χ2v) is 6.68. The minimum Gasteiger partial charge on any atom is -0.484 e. The molecule has 0 heterocycles. The molecule has 3 heteroatoms. The fraction of sp³-hybridized carbons (Fsp3) is 0.381. The molecule has 0 spiro atoms. The van der Waals surface area contributed by atoms with Crippen molar-refractivity contribution in [1.82, 2.24) is 5.32 Å². The van der Waals surface area contributed by atoms with Crippen LogP contribution >= 0.6 is 0 Å². The number of rotatable bonds is 7. The van der Waals surface area contributed by atoms with Gasteiger partial charge in [-0.25, -0.2) is 0 Å². The molecule has 0 unspecified atom stereocenters. The average Bonchev–Trinajstić information content (AvgIpc) is 2.54. The van der Waals surface area contributed by atoms with Crippen LogP contribution in [-0.4, -0.2) is 12.5 Å². The predicted octanol–water partition coefficient (Wildman–Crippen LogP) is 4.45. The van der Waals surface area contributed by atoms with Crippen LogP contribution in [-0.2, 0) is 11.2 Å². The van der Waals surface area contributed by atoms with Crippen LogP contribution in [0, 0.1) is 12.8 Å². The third kappa shape index (κ3) is 5.41. The lowest BCUT2D eigenvalue weighted by molar-refractivity contribution is -0.123. The van der Waals surface area contributed by atoms with Crippen LogP contribution in [0.15, 0.2) is 48.5 Å². The molecule has 0 saturated carbocycles. The van der Waals surface area contributed by atoms with Crippen molar-refractivity contribution in [3.05, 3.63) is 65.2 Å². The molecule has 0 aliphatic rings. The summed E-state index contributed by atoms with van der Waals surface area (Å²) in [5.41, 5.74) is 3.46. The Kier molecular flexibility index (Phi) is 6.42. The zero-order valence-corrected chi connectivity index (χ0v) is 15.0. The van der Waals surface area contributed by atoms with E-state index in [2.05, 4.69) is 43.4 Å². The van der Waals surface area contributed by atoms with Gasteiger partial charge in [-0.3, -0.25) is 4.79 Å². The normalized spacial score (nSPS) is 12.0. The highest BCUT2D eigenvalue weighted by molar-refractivity contribution is 5.78. The standard InChI is InChI=1S/C21H27NO2/c1-15(2)13-18-9-11-19(12-10-18)17(4)22-21(23)14-24-20-8-6-5-7-16(20)3/h5-12,15,17H,13-14H2,1-4H3,(H,22,23)/t17-/m0/s1. The van der Waals surface area contributed by atoms with Crippen molar-refractivity contribution in [3.63, 3.8) is 0 Å². The number of amides is 1. The first-order valence-corrected chi connectivity index (χ1v) is 8.52. The molecule has 128 valence electrons. The van der Waals surface area contributed by atoms with Crippen molar-refractivity contribution in [3.8, 4) is 5.75 Å². The van der Waals surface area contributed by atoms with Gasteiger partial charge in [0.1, 0.15) is 5.75 Å². The molecule has 0 bridgehead atoms. The van der Waals surface area contributed by atoms with Crippen molar-refractivity contribution in [2.45, 2.75) is 40.2 Å². The topological polar surface area (TPSA) is 38.3 Å². The van der Waals surface area contributed by atoms with Crippen LogP contribution in [0.2, 0.25) is 0 Å². The largest absolute Gasteiger partial charge is 0.484 e. The molecule has 0 aliphatic heterocycles. The number of hydrogen-bond acceptors (Lipinski definition) is 2. The quantitative estimate of drug-likeness (QED) is 0.817. The Morgan fingerprint density at radius 3 is 2.33 bits per heavy atom. The maximum atomic E-state index is 12.1. The molecule has 0 saturated heterocycles. The fourth-order valence-corrected chi connectivity index (χ4v) is 2.64. The predicted molar refractivity (Wildman–Crippen MR) is 98.2 cm³/mol. The number of hydrogen-bond donors (Lipinski definition) is 1. The third-order valence-corrected chi connectivity index (χ3v) is 3.95. The molecule has 0 radical (unpaired) electrons. The zero-order chi connectivity index (χ0) is 17.5. The smallest absolute Gasteiger partial charge is 0.258 e. The van der Waals surface area contributed by atoms with E-state index in [-0.39, 0.29) is 18.6 Å². The second-order valence-electron chi connectivity index (χ2n) is 6.68. The molecule has 1 atom stereocenters. The average molecular weight is 325 g/mol. The van der Waals surface area contributed by atoms with Crippen LogP contribution < -0.4 is 10.1 Å². The first-order chi connectivity index (χ1) is 11.5. The van der Waals surface area contributed by atoms with Crippen molar-refractivity contribution in [1.29, 1.82) is 0 Å². The Morgan fingerprint density at radius 1 is 1.04 bits per heavy atom. The Bertz CT molecular complexity index is 662. The minimum atomic E-state index is -0.114. The summed E-state index contributed by atoms with van der Waals surface area (Å²) in [6, 6.07) is 16.1. The molecular weight excluding hydrogens is 298 g/mol. The highest BCUT2D eigenvalue weighted by Gasteiger charge is 2.11. The Labute approximate surface area is 145 Å². The highest BCUT2D eigenvalue weighted by atomic mass is 16.5. The number of benzene rings is 2. The van der Waals surface area contributed by atoms with Crippen LogP contribution in [0.25, 0.3) is 0 Å². The summed E-state index contributed by atoms with van der Waals surface area (Å²) in [5.74, 6) is 1.28. The lowest BCUT2D eigenvalue weighted by atomic mass is 10.00. The van der Waals surface area contributed by atoms with Gasteiger partial charge in [-0.05, 0) is 48.9 Å². The number of carbonyl (C=O) groups is 1. The van der Waals surface area contributed by atoms with Crippen LogP contribution in [0.5, 0.6) is 5.75 Å². The van der Waals surface area contributed by atoms with Gasteiger partial charge in [0.25, 0.3) is 5.91 Å². The molecule has 3 nitrogen and oxygen atoms in total. The summed E-state index contributed by atoms with van der Waals surface area (Å²) in [6.07, 6.45) is 1.07. The summed E-state index contributed by atoms with van der Waals surface area (Å²) in [4.78, 5) is 12.1. The minimum absolute atomic E-state index is 0.0284. The molecule has 2 aromatic rings. The third-order valence-electron chi connectivity index (χ3n) is 3.95. The number of ether oxygens (including phenoxy) is 1. The summed E-state index contributed by atoms with van der Waals surface area (Å²) < 4.78 is 5.59.